The number of rotatable bonds is 5. The first-order valence-electron chi connectivity index (χ1n) is 6.11. The summed E-state index contributed by atoms with van der Waals surface area (Å²) in [7, 11) is 0. The predicted molar refractivity (Wildman–Crippen MR) is 79.2 cm³/mol. The van der Waals surface area contributed by atoms with E-state index in [1.807, 2.05) is 35.7 Å². The van der Waals surface area contributed by atoms with Crippen molar-refractivity contribution in [1.29, 1.82) is 0 Å². The molecule has 19 heavy (non-hydrogen) atoms. The summed E-state index contributed by atoms with van der Waals surface area (Å²) in [6.07, 6.45) is 2.44. The van der Waals surface area contributed by atoms with Crippen LogP contribution in [0.2, 0.25) is 0 Å². The van der Waals surface area contributed by atoms with E-state index >= 15 is 0 Å². The third kappa shape index (κ3) is 2.62. The zero-order chi connectivity index (χ0) is 13.1. The Balaban J connectivity index is 1.91. The molecule has 0 spiro atoms. The van der Waals surface area contributed by atoms with Crippen LogP contribution < -0.4 is 4.74 Å². The highest BCUT2D eigenvalue weighted by Crippen LogP contribution is 2.33. The lowest BCUT2D eigenvalue weighted by molar-refractivity contribution is 0.206. The highest BCUT2D eigenvalue weighted by atomic mass is 35.5. The first-order chi connectivity index (χ1) is 9.38. The summed E-state index contributed by atoms with van der Waals surface area (Å²) in [5.74, 6) is 1.34. The normalized spacial score (nSPS) is 12.7. The van der Waals surface area contributed by atoms with Crippen LogP contribution in [-0.4, -0.2) is 5.88 Å². The van der Waals surface area contributed by atoms with Gasteiger partial charge in [0.05, 0.1) is 6.26 Å². The van der Waals surface area contributed by atoms with E-state index in [0.717, 1.165) is 23.1 Å². The number of fused-ring (bicyclic) bond motifs is 1. The van der Waals surface area contributed by atoms with E-state index in [1.165, 1.54) is 4.88 Å². The lowest BCUT2D eigenvalue weighted by atomic mass is 10.2. The molecule has 0 aliphatic carbocycles. The summed E-state index contributed by atoms with van der Waals surface area (Å²) < 4.78 is 11.6. The topological polar surface area (TPSA) is 22.4 Å². The Morgan fingerprint density at radius 2 is 2.16 bits per heavy atom. The molecule has 2 heterocycles. The summed E-state index contributed by atoms with van der Waals surface area (Å²) in [5.41, 5.74) is 0.790. The molecule has 98 valence electrons. The molecule has 0 radical (unpaired) electrons. The lowest BCUT2D eigenvalue weighted by Crippen LogP contribution is -2.06. The lowest BCUT2D eigenvalue weighted by Gasteiger charge is -2.17. The van der Waals surface area contributed by atoms with Gasteiger partial charge in [0.1, 0.15) is 6.10 Å². The molecule has 1 atom stereocenters. The Labute approximate surface area is 120 Å². The highest BCUT2D eigenvalue weighted by molar-refractivity contribution is 7.10. The summed E-state index contributed by atoms with van der Waals surface area (Å²) in [6.45, 7) is 0. The number of hydrogen-bond donors (Lipinski definition) is 0. The van der Waals surface area contributed by atoms with Gasteiger partial charge in [-0.1, -0.05) is 18.2 Å². The summed E-state index contributed by atoms with van der Waals surface area (Å²) >= 11 is 7.56. The molecule has 1 aromatic carbocycles. The second-order valence-corrected chi connectivity index (χ2v) is 5.55. The van der Waals surface area contributed by atoms with Gasteiger partial charge in [0, 0.05) is 22.6 Å². The van der Waals surface area contributed by atoms with Crippen molar-refractivity contribution >= 4 is 33.9 Å². The molecule has 0 amide bonds. The van der Waals surface area contributed by atoms with Gasteiger partial charge in [-0.15, -0.1) is 22.9 Å². The van der Waals surface area contributed by atoms with Crippen molar-refractivity contribution in [2.45, 2.75) is 12.5 Å². The monoisotopic (exact) mass is 292 g/mol. The van der Waals surface area contributed by atoms with Crippen LogP contribution in [0.25, 0.3) is 11.0 Å². The number of benzene rings is 1. The van der Waals surface area contributed by atoms with Crippen molar-refractivity contribution in [3.05, 3.63) is 52.9 Å². The van der Waals surface area contributed by atoms with Crippen LogP contribution in [-0.2, 0) is 0 Å². The van der Waals surface area contributed by atoms with Gasteiger partial charge in [0.2, 0.25) is 0 Å². The fraction of sp³-hybridized carbons (Fsp3) is 0.200. The molecule has 1 unspecified atom stereocenters. The molecule has 2 aromatic heterocycles. The Bertz CT molecular complexity index is 645. The maximum Gasteiger partial charge on any atom is 0.175 e. The second-order valence-electron chi connectivity index (χ2n) is 4.19. The van der Waals surface area contributed by atoms with Crippen molar-refractivity contribution in [3.8, 4) is 5.75 Å². The van der Waals surface area contributed by atoms with Crippen molar-refractivity contribution in [1.82, 2.24) is 0 Å². The SMILES string of the molecule is ClCCC(Oc1cccc2ccoc12)c1cccs1. The van der Waals surface area contributed by atoms with Crippen LogP contribution >= 0.6 is 22.9 Å². The van der Waals surface area contributed by atoms with Gasteiger partial charge in [-0.05, 0) is 23.6 Å². The quantitative estimate of drug-likeness (QED) is 0.600. The van der Waals surface area contributed by atoms with Crippen LogP contribution in [0.5, 0.6) is 5.75 Å². The maximum atomic E-state index is 6.10. The van der Waals surface area contributed by atoms with Crippen LogP contribution in [0.1, 0.15) is 17.4 Å². The number of furan rings is 1. The van der Waals surface area contributed by atoms with Crippen molar-refractivity contribution in [2.24, 2.45) is 0 Å². The number of thiophene rings is 1. The molecule has 2 nitrogen and oxygen atoms in total. The van der Waals surface area contributed by atoms with Crippen molar-refractivity contribution in [3.63, 3.8) is 0 Å². The fourth-order valence-electron chi connectivity index (χ4n) is 2.04. The van der Waals surface area contributed by atoms with E-state index < -0.39 is 0 Å². The van der Waals surface area contributed by atoms with Crippen molar-refractivity contribution < 1.29 is 9.15 Å². The molecular weight excluding hydrogens is 280 g/mol. The van der Waals surface area contributed by atoms with E-state index in [1.54, 1.807) is 17.6 Å². The van der Waals surface area contributed by atoms with Gasteiger partial charge in [-0.2, -0.15) is 0 Å². The smallest absolute Gasteiger partial charge is 0.175 e. The Morgan fingerprint density at radius 3 is 2.95 bits per heavy atom. The molecule has 0 aliphatic heterocycles. The zero-order valence-electron chi connectivity index (χ0n) is 10.2. The minimum atomic E-state index is -0.0202. The van der Waals surface area contributed by atoms with E-state index in [9.17, 15) is 0 Å². The molecule has 0 saturated heterocycles. The highest BCUT2D eigenvalue weighted by Gasteiger charge is 2.16. The number of para-hydroxylation sites is 1. The van der Waals surface area contributed by atoms with Gasteiger partial charge in [-0.25, -0.2) is 0 Å². The molecule has 3 rings (SSSR count). The van der Waals surface area contributed by atoms with Gasteiger partial charge in [-0.3, -0.25) is 0 Å². The van der Waals surface area contributed by atoms with E-state index in [2.05, 4.69) is 6.07 Å². The first kappa shape index (κ1) is 12.6. The van der Waals surface area contributed by atoms with Crippen molar-refractivity contribution in [2.75, 3.05) is 5.88 Å². The van der Waals surface area contributed by atoms with E-state index in [0.29, 0.717) is 5.88 Å². The Kier molecular flexibility index (Phi) is 3.76. The Morgan fingerprint density at radius 1 is 1.21 bits per heavy atom. The summed E-state index contributed by atoms with van der Waals surface area (Å²) in [5, 5.41) is 3.10. The van der Waals surface area contributed by atoms with Gasteiger partial charge in [0.15, 0.2) is 11.3 Å². The second kappa shape index (κ2) is 5.68. The molecule has 0 N–H and O–H groups in total. The molecule has 4 heteroatoms. The number of halogens is 1. The molecular formula is C15H13ClO2S. The van der Waals surface area contributed by atoms with E-state index in [-0.39, 0.29) is 6.10 Å². The maximum absolute atomic E-state index is 6.10. The minimum absolute atomic E-state index is 0.0202. The fourth-order valence-corrected chi connectivity index (χ4v) is 3.03. The van der Waals surface area contributed by atoms with Crippen LogP contribution in [0.15, 0.2) is 52.5 Å². The third-order valence-electron chi connectivity index (χ3n) is 2.94. The number of alkyl halides is 1. The van der Waals surface area contributed by atoms with Crippen LogP contribution in [0.3, 0.4) is 0 Å². The van der Waals surface area contributed by atoms with Gasteiger partial charge < -0.3 is 9.15 Å². The molecule has 3 aromatic rings. The average molecular weight is 293 g/mol. The summed E-state index contributed by atoms with van der Waals surface area (Å²) in [4.78, 5) is 1.18. The zero-order valence-corrected chi connectivity index (χ0v) is 11.8. The number of hydrogen-bond acceptors (Lipinski definition) is 3. The standard InChI is InChI=1S/C15H13ClO2S/c16-8-6-12(14-5-2-10-19-14)18-13-4-1-3-11-7-9-17-15(11)13/h1-5,7,9-10,12H,6,8H2. The Hall–Kier alpha value is -1.45. The molecule has 0 fully saturated rings. The molecule has 0 aliphatic rings. The largest absolute Gasteiger partial charge is 0.481 e. The predicted octanol–water partition coefficient (Wildman–Crippen LogP) is 5.24. The average Bonchev–Trinajstić information content (AvgIpc) is 3.10. The minimum Gasteiger partial charge on any atom is -0.481 e. The summed E-state index contributed by atoms with van der Waals surface area (Å²) in [6, 6.07) is 11.9. The number of ether oxygens (including phenoxy) is 1. The van der Waals surface area contributed by atoms with E-state index in [4.69, 9.17) is 20.8 Å². The molecule has 0 bridgehead atoms. The van der Waals surface area contributed by atoms with Gasteiger partial charge >= 0.3 is 0 Å². The third-order valence-corrected chi connectivity index (χ3v) is 4.13. The van der Waals surface area contributed by atoms with Gasteiger partial charge in [0.25, 0.3) is 0 Å². The first-order valence-corrected chi connectivity index (χ1v) is 7.52. The molecule has 0 saturated carbocycles. The van der Waals surface area contributed by atoms with Crippen LogP contribution in [0, 0.1) is 0 Å². The van der Waals surface area contributed by atoms with Crippen LogP contribution in [0.4, 0.5) is 0 Å².